The van der Waals surface area contributed by atoms with E-state index in [1.54, 1.807) is 4.52 Å². The number of pyridine rings is 1. The van der Waals surface area contributed by atoms with Gasteiger partial charge >= 0.3 is 0 Å². The molecule has 5 nitrogen and oxygen atoms in total. The Kier molecular flexibility index (Phi) is 4.04. The van der Waals surface area contributed by atoms with E-state index in [1.807, 2.05) is 25.3 Å². The minimum absolute atomic E-state index is 0.121. The number of aromatic nitrogens is 3. The molecule has 104 valence electrons. The quantitative estimate of drug-likeness (QED) is 0.838. The first-order chi connectivity index (χ1) is 9.00. The maximum atomic E-state index is 8.89. The molecule has 0 aliphatic rings. The van der Waals surface area contributed by atoms with E-state index in [-0.39, 0.29) is 12.0 Å². The number of nitrogens with one attached hydrogen (secondary N) is 1. The summed E-state index contributed by atoms with van der Waals surface area (Å²) < 4.78 is 1.77. The van der Waals surface area contributed by atoms with Crippen molar-refractivity contribution >= 4 is 11.6 Å². The van der Waals surface area contributed by atoms with E-state index >= 15 is 0 Å². The molecule has 0 aliphatic carbocycles. The maximum absolute atomic E-state index is 8.89. The summed E-state index contributed by atoms with van der Waals surface area (Å²) in [5, 5.41) is 16.5. The van der Waals surface area contributed by atoms with Crippen molar-refractivity contribution < 1.29 is 5.11 Å². The predicted molar refractivity (Wildman–Crippen MR) is 76.3 cm³/mol. The van der Waals surface area contributed by atoms with Crippen molar-refractivity contribution in [3.05, 3.63) is 23.9 Å². The highest BCUT2D eigenvalue weighted by atomic mass is 16.2. The van der Waals surface area contributed by atoms with Crippen LogP contribution in [0.1, 0.15) is 32.3 Å². The van der Waals surface area contributed by atoms with Gasteiger partial charge in [-0.25, -0.2) is 4.52 Å². The van der Waals surface area contributed by atoms with Crippen LogP contribution < -0.4 is 5.32 Å². The number of hydrogen-bond acceptors (Lipinski definition) is 4. The van der Waals surface area contributed by atoms with Crippen molar-refractivity contribution in [3.63, 3.8) is 0 Å². The number of hydrogen-bond donors (Lipinski definition) is 2. The van der Waals surface area contributed by atoms with Crippen molar-refractivity contribution in [2.75, 3.05) is 18.5 Å². The molecule has 0 amide bonds. The van der Waals surface area contributed by atoms with Gasteiger partial charge in [0.1, 0.15) is 0 Å². The van der Waals surface area contributed by atoms with E-state index in [4.69, 9.17) is 5.11 Å². The third kappa shape index (κ3) is 3.67. The van der Waals surface area contributed by atoms with Gasteiger partial charge in [0.25, 0.3) is 0 Å². The summed E-state index contributed by atoms with van der Waals surface area (Å²) in [6, 6.07) is 4.02. The van der Waals surface area contributed by atoms with E-state index in [9.17, 15) is 0 Å². The summed E-state index contributed by atoms with van der Waals surface area (Å²) in [4.78, 5) is 4.45. The minimum Gasteiger partial charge on any atom is -0.396 e. The van der Waals surface area contributed by atoms with Gasteiger partial charge in [0.2, 0.25) is 5.95 Å². The van der Waals surface area contributed by atoms with E-state index in [2.05, 4.69) is 29.2 Å². The highest BCUT2D eigenvalue weighted by molar-refractivity contribution is 5.45. The van der Waals surface area contributed by atoms with Crippen LogP contribution in [0.3, 0.4) is 0 Å². The highest BCUT2D eigenvalue weighted by Gasteiger charge is 2.17. The molecule has 0 atom stereocenters. The second-order valence-electron chi connectivity index (χ2n) is 5.79. The Bertz CT molecular complexity index is 547. The SMILES string of the molecule is Cc1ccn2nc(NCC(C)(C)CCCO)nc2c1. The average Bonchev–Trinajstić information content (AvgIpc) is 2.76. The summed E-state index contributed by atoms with van der Waals surface area (Å²) in [6.07, 6.45) is 3.72. The number of rotatable bonds is 6. The molecular formula is C14H22N4O. The number of nitrogens with zero attached hydrogens (tertiary/aromatic N) is 3. The van der Waals surface area contributed by atoms with Crippen LogP contribution in [0, 0.1) is 12.3 Å². The van der Waals surface area contributed by atoms with Crippen LogP contribution in [0.5, 0.6) is 0 Å². The second kappa shape index (κ2) is 5.57. The van der Waals surface area contributed by atoms with Crippen LogP contribution in [-0.4, -0.2) is 32.9 Å². The normalized spacial score (nSPS) is 12.0. The Hall–Kier alpha value is -1.62. The lowest BCUT2D eigenvalue weighted by atomic mass is 9.88. The Morgan fingerprint density at radius 3 is 2.95 bits per heavy atom. The summed E-state index contributed by atoms with van der Waals surface area (Å²) >= 11 is 0. The lowest BCUT2D eigenvalue weighted by Gasteiger charge is -2.24. The molecule has 0 bridgehead atoms. The van der Waals surface area contributed by atoms with E-state index < -0.39 is 0 Å². The van der Waals surface area contributed by atoms with Crippen molar-refractivity contribution in [3.8, 4) is 0 Å². The van der Waals surface area contributed by atoms with Crippen molar-refractivity contribution in [1.82, 2.24) is 14.6 Å². The van der Waals surface area contributed by atoms with Gasteiger partial charge in [-0.3, -0.25) is 0 Å². The molecule has 0 aliphatic heterocycles. The van der Waals surface area contributed by atoms with Crippen LogP contribution in [0.15, 0.2) is 18.3 Å². The molecule has 2 heterocycles. The zero-order valence-corrected chi connectivity index (χ0v) is 11.8. The molecule has 0 saturated carbocycles. The van der Waals surface area contributed by atoms with E-state index in [0.717, 1.165) is 25.0 Å². The van der Waals surface area contributed by atoms with Crippen LogP contribution in [-0.2, 0) is 0 Å². The Labute approximate surface area is 113 Å². The predicted octanol–water partition coefficient (Wildman–Crippen LogP) is 2.25. The Morgan fingerprint density at radius 1 is 1.42 bits per heavy atom. The number of aryl methyl sites for hydroxylation is 1. The first-order valence-electron chi connectivity index (χ1n) is 6.68. The zero-order valence-electron chi connectivity index (χ0n) is 11.8. The number of fused-ring (bicyclic) bond motifs is 1. The van der Waals surface area contributed by atoms with Gasteiger partial charge in [-0.05, 0) is 42.9 Å². The van der Waals surface area contributed by atoms with Gasteiger partial charge in [0.05, 0.1) is 0 Å². The second-order valence-corrected chi connectivity index (χ2v) is 5.79. The molecule has 0 radical (unpaired) electrons. The zero-order chi connectivity index (χ0) is 13.9. The molecule has 2 aromatic rings. The van der Waals surface area contributed by atoms with Gasteiger partial charge in [0, 0.05) is 19.3 Å². The lowest BCUT2D eigenvalue weighted by molar-refractivity contribution is 0.247. The highest BCUT2D eigenvalue weighted by Crippen LogP contribution is 2.22. The van der Waals surface area contributed by atoms with E-state index in [0.29, 0.717) is 5.95 Å². The number of anilines is 1. The standard InChI is InChI=1S/C14H22N4O/c1-11-5-7-18-12(9-11)16-13(17-18)15-10-14(2,3)6-4-8-19/h5,7,9,19H,4,6,8,10H2,1-3H3,(H,15,17). The summed E-state index contributed by atoms with van der Waals surface area (Å²) in [5.41, 5.74) is 2.15. The average molecular weight is 262 g/mol. The fourth-order valence-electron chi connectivity index (χ4n) is 2.02. The lowest BCUT2D eigenvalue weighted by Crippen LogP contribution is -2.23. The monoisotopic (exact) mass is 262 g/mol. The van der Waals surface area contributed by atoms with Gasteiger partial charge in [-0.1, -0.05) is 13.8 Å². The number of aliphatic hydroxyl groups excluding tert-OH is 1. The number of aliphatic hydroxyl groups is 1. The maximum Gasteiger partial charge on any atom is 0.243 e. The minimum atomic E-state index is 0.121. The summed E-state index contributed by atoms with van der Waals surface area (Å²) in [7, 11) is 0. The molecule has 0 saturated heterocycles. The van der Waals surface area contributed by atoms with Crippen LogP contribution in [0.25, 0.3) is 5.65 Å². The van der Waals surface area contributed by atoms with Crippen LogP contribution >= 0.6 is 0 Å². The van der Waals surface area contributed by atoms with Gasteiger partial charge in [0.15, 0.2) is 5.65 Å². The topological polar surface area (TPSA) is 62.5 Å². The summed E-state index contributed by atoms with van der Waals surface area (Å²) in [5.74, 6) is 0.655. The summed E-state index contributed by atoms with van der Waals surface area (Å²) in [6.45, 7) is 7.43. The molecule has 2 N–H and O–H groups in total. The fraction of sp³-hybridized carbons (Fsp3) is 0.571. The Balaban J connectivity index is 2.01. The first kappa shape index (κ1) is 13.8. The third-order valence-electron chi connectivity index (χ3n) is 3.23. The first-order valence-corrected chi connectivity index (χ1v) is 6.68. The fourth-order valence-corrected chi connectivity index (χ4v) is 2.02. The van der Waals surface area contributed by atoms with Crippen molar-refractivity contribution in [1.29, 1.82) is 0 Å². The Morgan fingerprint density at radius 2 is 2.21 bits per heavy atom. The molecule has 0 aromatic carbocycles. The molecule has 2 aromatic heterocycles. The molecule has 5 heteroatoms. The van der Waals surface area contributed by atoms with Gasteiger partial charge in [-0.2, -0.15) is 4.98 Å². The third-order valence-corrected chi connectivity index (χ3v) is 3.23. The van der Waals surface area contributed by atoms with Crippen molar-refractivity contribution in [2.24, 2.45) is 5.41 Å². The van der Waals surface area contributed by atoms with Gasteiger partial charge in [-0.15, -0.1) is 5.10 Å². The molecule has 0 spiro atoms. The van der Waals surface area contributed by atoms with E-state index in [1.165, 1.54) is 5.56 Å². The molecule has 0 fully saturated rings. The molecule has 0 unspecified atom stereocenters. The van der Waals surface area contributed by atoms with Gasteiger partial charge < -0.3 is 10.4 Å². The molecular weight excluding hydrogens is 240 g/mol. The van der Waals surface area contributed by atoms with Crippen molar-refractivity contribution in [2.45, 2.75) is 33.6 Å². The smallest absolute Gasteiger partial charge is 0.243 e. The molecule has 2 rings (SSSR count). The molecule has 19 heavy (non-hydrogen) atoms. The van der Waals surface area contributed by atoms with Crippen LogP contribution in [0.4, 0.5) is 5.95 Å². The van der Waals surface area contributed by atoms with Crippen LogP contribution in [0.2, 0.25) is 0 Å². The largest absolute Gasteiger partial charge is 0.396 e.